The van der Waals surface area contributed by atoms with Crippen LogP contribution >= 0.6 is 0 Å². The van der Waals surface area contributed by atoms with Gasteiger partial charge in [-0.05, 0) is 106 Å². The molecule has 0 aliphatic heterocycles. The van der Waals surface area contributed by atoms with Crippen LogP contribution in [-0.4, -0.2) is 0 Å². The van der Waals surface area contributed by atoms with Crippen molar-refractivity contribution in [3.63, 3.8) is 0 Å². The molecular weight excluding hydrogens is 881 g/mol. The number of anilines is 6. The number of hydrogen-bond acceptors (Lipinski definition) is 5. The minimum atomic E-state index is -0.0906. The smallest absolute Gasteiger partial charge is 0.230 e. The van der Waals surface area contributed by atoms with E-state index in [0.29, 0.717) is 28.1 Å². The van der Waals surface area contributed by atoms with Crippen molar-refractivity contribution in [3.05, 3.63) is 258 Å². The predicted molar refractivity (Wildman–Crippen MR) is 292 cm³/mol. The van der Waals surface area contributed by atoms with Gasteiger partial charge in [0, 0.05) is 44.8 Å². The van der Waals surface area contributed by atoms with E-state index in [4.69, 9.17) is 8.83 Å². The van der Waals surface area contributed by atoms with E-state index in [1.807, 2.05) is 48.5 Å². The highest BCUT2D eigenvalue weighted by Gasteiger charge is 2.46. The first-order chi connectivity index (χ1) is 35.7. The van der Waals surface area contributed by atoms with Gasteiger partial charge < -0.3 is 18.6 Å². The largest absolute Gasteiger partial charge is 0.454 e. The van der Waals surface area contributed by atoms with Gasteiger partial charge in [0.2, 0.25) is 5.69 Å². The lowest BCUT2D eigenvalue weighted by atomic mass is 9.62. The number of para-hydroxylation sites is 4. The molecule has 10 aromatic carbocycles. The molecule has 3 aliphatic carbocycles. The third kappa shape index (κ3) is 6.26. The summed E-state index contributed by atoms with van der Waals surface area (Å²) in [5.41, 5.74) is 17.2. The van der Waals surface area contributed by atoms with Crippen LogP contribution in [0.2, 0.25) is 0 Å². The molecule has 2 heterocycles. The number of nitrogens with zero attached hydrogens (tertiary/aromatic N) is 4. The molecule has 6 heteroatoms. The molecule has 0 fully saturated rings. The molecule has 2 atom stereocenters. The van der Waals surface area contributed by atoms with Gasteiger partial charge in [0.15, 0.2) is 11.2 Å². The van der Waals surface area contributed by atoms with E-state index in [1.54, 1.807) is 0 Å². The van der Waals surface area contributed by atoms with Crippen molar-refractivity contribution < 1.29 is 8.83 Å². The van der Waals surface area contributed by atoms with Gasteiger partial charge in [0.05, 0.1) is 41.0 Å². The first-order valence-electron chi connectivity index (χ1n) is 24.5. The second kappa shape index (κ2) is 16.5. The molecule has 2 bridgehead atoms. The zero-order valence-electron chi connectivity index (χ0n) is 39.0. The Morgan fingerprint density at radius 1 is 0.431 bits per heavy atom. The summed E-state index contributed by atoms with van der Waals surface area (Å²) in [7, 11) is 0. The van der Waals surface area contributed by atoms with Crippen LogP contribution in [0.5, 0.6) is 0 Å². The molecule has 15 rings (SSSR count). The minimum absolute atomic E-state index is 0.0894. The molecule has 338 valence electrons. The second-order valence-corrected chi connectivity index (χ2v) is 18.8. The lowest BCUT2D eigenvalue weighted by Gasteiger charge is -2.46. The van der Waals surface area contributed by atoms with E-state index in [2.05, 4.69) is 191 Å². The Morgan fingerprint density at radius 3 is 1.31 bits per heavy atom. The van der Waals surface area contributed by atoms with Gasteiger partial charge in [-0.25, -0.2) is 4.85 Å². The third-order valence-electron chi connectivity index (χ3n) is 15.1. The quantitative estimate of drug-likeness (QED) is 0.142. The van der Waals surface area contributed by atoms with Crippen LogP contribution in [0, 0.1) is 17.9 Å². The topological polar surface area (TPSA) is 60.9 Å². The van der Waals surface area contributed by atoms with Crippen molar-refractivity contribution in [2.45, 2.75) is 24.7 Å². The van der Waals surface area contributed by atoms with E-state index in [-0.39, 0.29) is 17.5 Å². The molecule has 0 saturated heterocycles. The van der Waals surface area contributed by atoms with Gasteiger partial charge in [-0.1, -0.05) is 170 Å². The van der Waals surface area contributed by atoms with Gasteiger partial charge in [-0.2, -0.15) is 5.26 Å². The number of fused-ring (bicyclic) bond motifs is 7. The van der Waals surface area contributed by atoms with Crippen molar-refractivity contribution in [2.24, 2.45) is 0 Å². The maximum absolute atomic E-state index is 12.1. The number of hydrogen-bond donors (Lipinski definition) is 0. The molecule has 6 nitrogen and oxygen atoms in total. The number of nitriles is 1. The Labute approximate surface area is 416 Å². The molecule has 0 radical (unpaired) electrons. The van der Waals surface area contributed by atoms with Crippen LogP contribution in [-0.2, 0) is 0 Å². The summed E-state index contributed by atoms with van der Waals surface area (Å²) < 4.78 is 13.7. The van der Waals surface area contributed by atoms with E-state index in [0.717, 1.165) is 102 Å². The highest BCUT2D eigenvalue weighted by molar-refractivity contribution is 6.13. The summed E-state index contributed by atoms with van der Waals surface area (Å²) >= 11 is 0. The Balaban J connectivity index is 1.11. The summed E-state index contributed by atoms with van der Waals surface area (Å²) in [5.74, 6) is -0.180. The Morgan fingerprint density at radius 2 is 0.833 bits per heavy atom. The maximum Gasteiger partial charge on any atom is 0.230 e. The summed E-state index contributed by atoms with van der Waals surface area (Å²) in [4.78, 5) is 8.98. The van der Waals surface area contributed by atoms with Crippen LogP contribution in [0.3, 0.4) is 0 Å². The molecular formula is C66H42N4O2. The molecule has 12 aromatic rings. The molecule has 0 saturated carbocycles. The van der Waals surface area contributed by atoms with Crippen molar-refractivity contribution in [3.8, 4) is 28.3 Å². The Hall–Kier alpha value is -9.62. The predicted octanol–water partition coefficient (Wildman–Crippen LogP) is 18.6. The molecule has 2 unspecified atom stereocenters. The van der Waals surface area contributed by atoms with Crippen molar-refractivity contribution in [1.82, 2.24) is 0 Å². The number of furan rings is 2. The van der Waals surface area contributed by atoms with Gasteiger partial charge in [0.25, 0.3) is 0 Å². The molecule has 0 spiro atoms. The summed E-state index contributed by atoms with van der Waals surface area (Å²) in [5, 5.41) is 16.0. The van der Waals surface area contributed by atoms with Gasteiger partial charge in [0.1, 0.15) is 11.2 Å². The zero-order chi connectivity index (χ0) is 47.9. The van der Waals surface area contributed by atoms with Crippen molar-refractivity contribution >= 4 is 83.7 Å². The van der Waals surface area contributed by atoms with Gasteiger partial charge >= 0.3 is 0 Å². The van der Waals surface area contributed by atoms with Gasteiger partial charge in [-0.15, -0.1) is 0 Å². The standard InChI is InChI=1S/C66H42N4O2/c1-68-62-55(40-67)63(69(45-34-30-43(31-35-45)41-16-4-2-5-17-41)56-26-14-24-53-49-22-10-12-28-58(49)71-65(53)56)60-51-38-39-52(48-21-9-8-20-47(48)51)61(60)64(62)70(46-36-32-44(33-37-46)42-18-6-3-7-19-42)57-27-15-25-54-50-23-11-13-29-59(50)72-66(54)57/h2-37,51-52H,38-39H2. The first-order valence-corrected chi connectivity index (χ1v) is 24.5. The highest BCUT2D eigenvalue weighted by Crippen LogP contribution is 2.64. The fourth-order valence-corrected chi connectivity index (χ4v) is 12.0. The minimum Gasteiger partial charge on any atom is -0.454 e. The summed E-state index contributed by atoms with van der Waals surface area (Å²) in [6.45, 7) is 9.40. The van der Waals surface area contributed by atoms with Gasteiger partial charge in [-0.3, -0.25) is 0 Å². The normalized spacial score (nSPS) is 14.5. The number of benzene rings is 10. The zero-order valence-corrected chi connectivity index (χ0v) is 39.0. The van der Waals surface area contributed by atoms with Crippen LogP contribution in [0.4, 0.5) is 39.8 Å². The van der Waals surface area contributed by atoms with Crippen LogP contribution in [0.25, 0.3) is 71.0 Å². The van der Waals surface area contributed by atoms with Crippen LogP contribution in [0.1, 0.15) is 52.5 Å². The highest BCUT2D eigenvalue weighted by atomic mass is 16.3. The Bertz CT molecular complexity index is 3920. The molecule has 0 amide bonds. The average molecular weight is 923 g/mol. The summed E-state index contributed by atoms with van der Waals surface area (Å²) in [6.07, 6.45) is 1.76. The van der Waals surface area contributed by atoms with E-state index in [9.17, 15) is 11.8 Å². The average Bonchev–Trinajstić information content (AvgIpc) is 4.04. The fraction of sp³-hybridized carbons (Fsp3) is 0.0606. The van der Waals surface area contributed by atoms with Crippen molar-refractivity contribution in [2.75, 3.05) is 9.80 Å². The monoisotopic (exact) mass is 922 g/mol. The SMILES string of the molecule is [C-]#[N+]c1c(C#N)c(N(c2ccc(-c3ccccc3)cc2)c2cccc3c2oc2ccccc23)c2c(c1N(c1ccc(-c3ccccc3)cc1)c1cccc3c1oc1ccccc13)C1CCC2c2ccccc21. The van der Waals surface area contributed by atoms with E-state index in [1.165, 1.54) is 11.1 Å². The fourth-order valence-electron chi connectivity index (χ4n) is 12.0. The van der Waals surface area contributed by atoms with Crippen molar-refractivity contribution in [1.29, 1.82) is 5.26 Å². The third-order valence-corrected chi connectivity index (χ3v) is 15.1. The molecule has 2 aromatic heterocycles. The molecule has 72 heavy (non-hydrogen) atoms. The lowest BCUT2D eigenvalue weighted by Crippen LogP contribution is -2.30. The molecule has 0 N–H and O–H groups in total. The second-order valence-electron chi connectivity index (χ2n) is 18.8. The Kier molecular flexibility index (Phi) is 9.49. The maximum atomic E-state index is 12.1. The lowest BCUT2D eigenvalue weighted by molar-refractivity contribution is 0.521. The van der Waals surface area contributed by atoms with Crippen LogP contribution < -0.4 is 9.80 Å². The first kappa shape index (κ1) is 41.4. The molecule has 3 aliphatic rings. The number of rotatable bonds is 8. The van der Waals surface area contributed by atoms with E-state index >= 15 is 0 Å². The van der Waals surface area contributed by atoms with E-state index < -0.39 is 0 Å². The van der Waals surface area contributed by atoms with Crippen LogP contribution in [0.15, 0.2) is 227 Å². The summed E-state index contributed by atoms with van der Waals surface area (Å²) in [6, 6.07) is 78.3.